The number of alkyl halides is 3. The van der Waals surface area contributed by atoms with E-state index in [1.807, 2.05) is 13.0 Å². The van der Waals surface area contributed by atoms with Crippen LogP contribution >= 0.6 is 0 Å². The molecular weight excluding hydrogens is 423 g/mol. The van der Waals surface area contributed by atoms with E-state index in [4.69, 9.17) is 5.73 Å². The van der Waals surface area contributed by atoms with E-state index in [0.29, 0.717) is 23.9 Å². The Morgan fingerprint density at radius 3 is 2.75 bits per heavy atom. The van der Waals surface area contributed by atoms with Crippen molar-refractivity contribution in [2.24, 2.45) is 0 Å². The number of hydrogen-bond donors (Lipinski definition) is 4. The predicted octanol–water partition coefficient (Wildman–Crippen LogP) is 4.16. The predicted molar refractivity (Wildman–Crippen MR) is 118 cm³/mol. The monoisotopic (exact) mass is 449 g/mol. The number of aliphatic hydroxyl groups excluding tert-OH is 1. The average molecular weight is 449 g/mol. The topological polar surface area (TPSA) is 104 Å². The zero-order valence-corrected chi connectivity index (χ0v) is 17.8. The number of benzene rings is 1. The van der Waals surface area contributed by atoms with Gasteiger partial charge in [-0.25, -0.2) is 9.78 Å². The first-order valence-electron chi connectivity index (χ1n) is 10.1. The van der Waals surface area contributed by atoms with E-state index < -0.39 is 24.7 Å². The van der Waals surface area contributed by atoms with Gasteiger partial charge in [0.05, 0.1) is 12.5 Å². The second-order valence-corrected chi connectivity index (χ2v) is 7.89. The number of pyridine rings is 1. The number of nitrogen functional groups attached to an aromatic ring is 1. The number of aliphatic hydroxyl groups is 1. The van der Waals surface area contributed by atoms with Crippen LogP contribution in [0.25, 0.3) is 11.1 Å². The Kier molecular flexibility index (Phi) is 6.93. The van der Waals surface area contributed by atoms with E-state index in [-0.39, 0.29) is 18.7 Å². The number of carbonyl (C=O) groups excluding carboxylic acids is 1. The van der Waals surface area contributed by atoms with Crippen molar-refractivity contribution in [3.05, 3.63) is 47.5 Å². The number of carbonyl (C=O) groups is 1. The molecule has 0 saturated carbocycles. The van der Waals surface area contributed by atoms with Gasteiger partial charge in [-0.05, 0) is 60.4 Å². The van der Waals surface area contributed by atoms with E-state index >= 15 is 0 Å². The van der Waals surface area contributed by atoms with Crippen LogP contribution in [0, 0.1) is 6.92 Å². The van der Waals surface area contributed by atoms with Crippen molar-refractivity contribution >= 4 is 23.4 Å². The highest BCUT2D eigenvalue weighted by molar-refractivity contribution is 5.91. The van der Waals surface area contributed by atoms with Gasteiger partial charge in [-0.1, -0.05) is 12.1 Å². The lowest BCUT2D eigenvalue weighted by Crippen LogP contribution is -2.33. The van der Waals surface area contributed by atoms with Crippen LogP contribution in [-0.2, 0) is 0 Å². The standard InChI is InChI=1S/C22H26F3N5O2/c1-13-3-4-17(28-21(32)30-6-5-15(12-30)10-22(23,24)25)9-18(13)16-7-19(26)29-20(8-16)27-11-14(2)31/h3-5,7-9,14,31H,6,10-12H2,1-2H3,(H,28,32)(H3,26,27,29)/t14-/m1/s1. The van der Waals surface area contributed by atoms with Crippen LogP contribution in [0.2, 0.25) is 0 Å². The quantitative estimate of drug-likeness (QED) is 0.496. The first-order chi connectivity index (χ1) is 15.0. The molecule has 1 aliphatic rings. The molecule has 0 unspecified atom stereocenters. The van der Waals surface area contributed by atoms with Crippen LogP contribution in [-0.4, -0.2) is 52.9 Å². The lowest BCUT2D eigenvalue weighted by atomic mass is 10.0. The Morgan fingerprint density at radius 2 is 2.06 bits per heavy atom. The lowest BCUT2D eigenvalue weighted by molar-refractivity contribution is -0.127. The molecule has 3 rings (SSSR count). The van der Waals surface area contributed by atoms with Gasteiger partial charge in [0.1, 0.15) is 11.6 Å². The molecule has 0 aliphatic carbocycles. The summed E-state index contributed by atoms with van der Waals surface area (Å²) in [6, 6.07) is 8.37. The first kappa shape index (κ1) is 23.4. The molecule has 1 aliphatic heterocycles. The Bertz CT molecular complexity index is 1020. The molecule has 1 aromatic carbocycles. The fourth-order valence-electron chi connectivity index (χ4n) is 3.42. The molecule has 0 spiro atoms. The van der Waals surface area contributed by atoms with Crippen molar-refractivity contribution in [2.75, 3.05) is 36.0 Å². The summed E-state index contributed by atoms with van der Waals surface area (Å²) in [4.78, 5) is 18.1. The largest absolute Gasteiger partial charge is 0.392 e. The Hall–Kier alpha value is -3.27. The maximum atomic E-state index is 12.6. The number of hydrogen-bond acceptors (Lipinski definition) is 5. The van der Waals surface area contributed by atoms with Gasteiger partial charge < -0.3 is 26.4 Å². The number of nitrogens with one attached hydrogen (secondary N) is 2. The maximum Gasteiger partial charge on any atom is 0.392 e. The molecule has 1 atom stereocenters. The van der Waals surface area contributed by atoms with Crippen molar-refractivity contribution in [1.29, 1.82) is 0 Å². The summed E-state index contributed by atoms with van der Waals surface area (Å²) in [6.07, 6.45) is -4.42. The molecule has 2 aromatic rings. The molecule has 0 fully saturated rings. The van der Waals surface area contributed by atoms with Crippen molar-refractivity contribution in [2.45, 2.75) is 32.5 Å². The number of aryl methyl sites for hydroxylation is 1. The molecule has 7 nitrogen and oxygen atoms in total. The highest BCUT2D eigenvalue weighted by atomic mass is 19.4. The minimum absolute atomic E-state index is 0.0523. The molecule has 2 heterocycles. The summed E-state index contributed by atoms with van der Waals surface area (Å²) in [6.45, 7) is 3.95. The highest BCUT2D eigenvalue weighted by Gasteiger charge is 2.32. The smallest absolute Gasteiger partial charge is 0.392 e. The average Bonchev–Trinajstić information content (AvgIpc) is 3.14. The van der Waals surface area contributed by atoms with Gasteiger partial charge in [0.15, 0.2) is 0 Å². The highest BCUT2D eigenvalue weighted by Crippen LogP contribution is 2.30. The zero-order valence-electron chi connectivity index (χ0n) is 17.8. The second kappa shape index (κ2) is 9.47. The molecule has 10 heteroatoms. The first-order valence-corrected chi connectivity index (χ1v) is 10.1. The molecule has 0 radical (unpaired) electrons. The summed E-state index contributed by atoms with van der Waals surface area (Å²) in [5.41, 5.74) is 9.15. The second-order valence-electron chi connectivity index (χ2n) is 7.89. The van der Waals surface area contributed by atoms with E-state index in [9.17, 15) is 23.1 Å². The fraction of sp³-hybridized carbons (Fsp3) is 0.364. The molecule has 1 aromatic heterocycles. The minimum atomic E-state index is -4.29. The van der Waals surface area contributed by atoms with Gasteiger partial charge in [0.2, 0.25) is 0 Å². The Morgan fingerprint density at radius 1 is 1.31 bits per heavy atom. The summed E-state index contributed by atoms with van der Waals surface area (Å²) < 4.78 is 37.7. The number of anilines is 3. The third kappa shape index (κ3) is 6.36. The van der Waals surface area contributed by atoms with Crippen molar-refractivity contribution in [1.82, 2.24) is 9.88 Å². The number of rotatable bonds is 6. The van der Waals surface area contributed by atoms with Crippen LogP contribution in [0.4, 0.5) is 35.3 Å². The summed E-state index contributed by atoms with van der Waals surface area (Å²) in [7, 11) is 0. The van der Waals surface area contributed by atoms with E-state index in [1.165, 1.54) is 11.0 Å². The number of urea groups is 1. The molecule has 32 heavy (non-hydrogen) atoms. The van der Waals surface area contributed by atoms with Gasteiger partial charge in [-0.15, -0.1) is 0 Å². The van der Waals surface area contributed by atoms with Gasteiger partial charge in [0.25, 0.3) is 0 Å². The van der Waals surface area contributed by atoms with Gasteiger partial charge in [0, 0.05) is 25.3 Å². The molecule has 0 saturated heterocycles. The minimum Gasteiger partial charge on any atom is -0.392 e. The lowest BCUT2D eigenvalue weighted by Gasteiger charge is -2.19. The van der Waals surface area contributed by atoms with Gasteiger partial charge in [-0.3, -0.25) is 0 Å². The molecule has 5 N–H and O–H groups in total. The summed E-state index contributed by atoms with van der Waals surface area (Å²) in [5.74, 6) is 0.805. The third-order valence-corrected chi connectivity index (χ3v) is 4.93. The molecular formula is C22H26F3N5O2. The number of nitrogens with zero attached hydrogens (tertiary/aromatic N) is 2. The number of aromatic nitrogens is 1. The third-order valence-electron chi connectivity index (χ3n) is 4.93. The fourth-order valence-corrected chi connectivity index (χ4v) is 3.42. The number of amides is 2. The van der Waals surface area contributed by atoms with Gasteiger partial charge in [-0.2, -0.15) is 13.2 Å². The van der Waals surface area contributed by atoms with Crippen molar-refractivity contribution in [3.8, 4) is 11.1 Å². The van der Waals surface area contributed by atoms with E-state index in [1.54, 1.807) is 31.2 Å². The van der Waals surface area contributed by atoms with E-state index in [0.717, 1.165) is 16.7 Å². The van der Waals surface area contributed by atoms with Crippen molar-refractivity contribution < 1.29 is 23.1 Å². The van der Waals surface area contributed by atoms with Crippen LogP contribution < -0.4 is 16.4 Å². The van der Waals surface area contributed by atoms with Crippen LogP contribution in [0.15, 0.2) is 42.0 Å². The van der Waals surface area contributed by atoms with Crippen LogP contribution in [0.3, 0.4) is 0 Å². The van der Waals surface area contributed by atoms with Crippen LogP contribution in [0.5, 0.6) is 0 Å². The van der Waals surface area contributed by atoms with Crippen molar-refractivity contribution in [3.63, 3.8) is 0 Å². The molecule has 0 bridgehead atoms. The zero-order chi connectivity index (χ0) is 23.5. The van der Waals surface area contributed by atoms with Crippen LogP contribution in [0.1, 0.15) is 18.9 Å². The number of halogens is 3. The summed E-state index contributed by atoms with van der Waals surface area (Å²) >= 11 is 0. The normalized spacial score (nSPS) is 14.8. The maximum absolute atomic E-state index is 12.6. The molecule has 2 amide bonds. The Labute approximate surface area is 184 Å². The van der Waals surface area contributed by atoms with Gasteiger partial charge >= 0.3 is 12.2 Å². The summed E-state index contributed by atoms with van der Waals surface area (Å²) in [5, 5.41) is 15.2. The van der Waals surface area contributed by atoms with E-state index in [2.05, 4.69) is 15.6 Å². The molecule has 172 valence electrons. The SMILES string of the molecule is Cc1ccc(NC(=O)N2CC=C(CC(F)(F)F)C2)cc1-c1cc(N)nc(NC[C@@H](C)O)c1. The Balaban J connectivity index is 1.73. The number of nitrogens with two attached hydrogens (primary N) is 1.